The van der Waals surface area contributed by atoms with Crippen LogP contribution in [-0.2, 0) is 47.5 Å². The smallest absolute Gasteiger partial charge is 0.308 e. The molecule has 4 N–H and O–H groups in total. The van der Waals surface area contributed by atoms with Crippen molar-refractivity contribution in [3.8, 4) is 0 Å². The van der Waals surface area contributed by atoms with Gasteiger partial charge in [0.1, 0.15) is 36.3 Å². The Balaban J connectivity index is 1.90. The Hall–Kier alpha value is -2.31. The zero-order chi connectivity index (χ0) is 41.2. The molecule has 0 unspecified atom stereocenters. The molecular formula is C40H67NO14. The van der Waals surface area contributed by atoms with Crippen LogP contribution in [0.15, 0.2) is 24.3 Å². The van der Waals surface area contributed by atoms with Crippen molar-refractivity contribution in [1.82, 2.24) is 4.90 Å². The third-order valence-corrected chi connectivity index (χ3v) is 10.6. The predicted molar refractivity (Wildman–Crippen MR) is 200 cm³/mol. The molecule has 3 aliphatic rings. The topological polar surface area (TPSA) is 200 Å². The number of aliphatic hydroxyl groups excluding tert-OH is 3. The van der Waals surface area contributed by atoms with Crippen molar-refractivity contribution in [2.24, 2.45) is 17.8 Å². The molecule has 0 saturated carbocycles. The standard InChI is InChI=1S/C40H67NO14/c1-22(2)18-30(45)53-38-26(6)51-32(21-40(38,7)48)54-35-25(5)52-39(34(47)33(35)41(8)9)55-36-27(16-17-42)19-23(3)28(43)15-13-11-12-14-24(4)50-31(46)20-29(44)37(36)49-10/h11-13,15,17,22-29,32-39,43-44,47-48H,14,16,18-21H2,1-10H3/b12-11+,15-13+/t23-,24+,25+,26-,27+,28-,29+,32-,33+,34+,35+,36-,37-,38-,39-,40+/m0/s1. The van der Waals surface area contributed by atoms with Gasteiger partial charge in [-0.1, -0.05) is 45.1 Å². The summed E-state index contributed by atoms with van der Waals surface area (Å²) >= 11 is 0. The van der Waals surface area contributed by atoms with Crippen molar-refractivity contribution in [3.63, 3.8) is 0 Å². The Morgan fingerprint density at radius 3 is 2.33 bits per heavy atom. The van der Waals surface area contributed by atoms with Crippen molar-refractivity contribution >= 4 is 18.2 Å². The molecule has 0 aliphatic carbocycles. The van der Waals surface area contributed by atoms with Gasteiger partial charge in [0.2, 0.25) is 0 Å². The van der Waals surface area contributed by atoms with E-state index in [1.165, 1.54) is 7.11 Å². The van der Waals surface area contributed by atoms with Crippen LogP contribution in [0.5, 0.6) is 0 Å². The maximum absolute atomic E-state index is 12.9. The van der Waals surface area contributed by atoms with Crippen molar-refractivity contribution in [2.45, 2.75) is 172 Å². The summed E-state index contributed by atoms with van der Waals surface area (Å²) in [6.45, 7) is 12.4. The second-order valence-corrected chi connectivity index (χ2v) is 16.4. The summed E-state index contributed by atoms with van der Waals surface area (Å²) in [7, 11) is 4.86. The molecule has 2 saturated heterocycles. The summed E-state index contributed by atoms with van der Waals surface area (Å²) in [4.78, 5) is 39.3. The van der Waals surface area contributed by atoms with Gasteiger partial charge in [0.05, 0.1) is 43.0 Å². The largest absolute Gasteiger partial charge is 0.462 e. The summed E-state index contributed by atoms with van der Waals surface area (Å²) in [6.07, 6.45) is -3.92. The van der Waals surface area contributed by atoms with Crippen molar-refractivity contribution < 1.29 is 68.0 Å². The summed E-state index contributed by atoms with van der Waals surface area (Å²) in [5.41, 5.74) is -1.49. The van der Waals surface area contributed by atoms with Gasteiger partial charge in [-0.25, -0.2) is 0 Å². The fraction of sp³-hybridized carbons (Fsp3) is 0.825. The zero-order valence-electron chi connectivity index (χ0n) is 34.2. The molecule has 15 nitrogen and oxygen atoms in total. The van der Waals surface area contributed by atoms with Crippen molar-refractivity contribution in [2.75, 3.05) is 21.2 Å². The molecule has 3 aliphatic heterocycles. The second kappa shape index (κ2) is 21.4. The Kier molecular flexibility index (Phi) is 18.4. The van der Waals surface area contributed by atoms with Crippen LogP contribution >= 0.6 is 0 Å². The van der Waals surface area contributed by atoms with Gasteiger partial charge in [-0.2, -0.15) is 0 Å². The summed E-state index contributed by atoms with van der Waals surface area (Å²) in [5.74, 6) is -2.03. The van der Waals surface area contributed by atoms with E-state index >= 15 is 0 Å². The number of aliphatic hydroxyl groups is 4. The van der Waals surface area contributed by atoms with E-state index in [9.17, 15) is 34.8 Å². The van der Waals surface area contributed by atoms with Crippen LogP contribution < -0.4 is 0 Å². The number of likely N-dealkylation sites (N-methyl/N-ethyl adjacent to an activating group) is 1. The number of esters is 2. The van der Waals surface area contributed by atoms with E-state index in [1.54, 1.807) is 64.9 Å². The minimum Gasteiger partial charge on any atom is -0.462 e. The first-order valence-corrected chi connectivity index (χ1v) is 19.5. The van der Waals surface area contributed by atoms with Gasteiger partial charge in [0.25, 0.3) is 0 Å². The van der Waals surface area contributed by atoms with E-state index in [4.69, 9.17) is 33.2 Å². The molecule has 16 atom stereocenters. The minimum absolute atomic E-state index is 0.0318. The summed E-state index contributed by atoms with van der Waals surface area (Å²) in [6, 6.07) is -0.753. The molecule has 3 rings (SSSR count). The number of allylic oxidation sites excluding steroid dienone is 2. The molecule has 0 aromatic carbocycles. The fourth-order valence-corrected chi connectivity index (χ4v) is 7.78. The maximum Gasteiger partial charge on any atom is 0.308 e. The van der Waals surface area contributed by atoms with E-state index in [2.05, 4.69) is 0 Å². The minimum atomic E-state index is -1.49. The lowest BCUT2D eigenvalue weighted by molar-refractivity contribution is -0.344. The lowest BCUT2D eigenvalue weighted by atomic mass is 9.82. The number of methoxy groups -OCH3 is 1. The number of cyclic esters (lactones) is 1. The van der Waals surface area contributed by atoms with Crippen LogP contribution in [0.4, 0.5) is 0 Å². The molecule has 0 radical (unpaired) electrons. The molecule has 55 heavy (non-hydrogen) atoms. The van der Waals surface area contributed by atoms with E-state index in [0.717, 1.165) is 6.29 Å². The Morgan fingerprint density at radius 1 is 1.04 bits per heavy atom. The highest BCUT2D eigenvalue weighted by molar-refractivity contribution is 5.70. The average molecular weight is 786 g/mol. The van der Waals surface area contributed by atoms with Crippen LogP contribution in [0, 0.1) is 17.8 Å². The summed E-state index contributed by atoms with van der Waals surface area (Å²) in [5, 5.41) is 45.8. The molecule has 3 heterocycles. The highest BCUT2D eigenvalue weighted by Crippen LogP contribution is 2.37. The monoisotopic (exact) mass is 785 g/mol. The Morgan fingerprint density at radius 2 is 1.73 bits per heavy atom. The second-order valence-electron chi connectivity index (χ2n) is 16.4. The van der Waals surface area contributed by atoms with Crippen LogP contribution in [-0.4, -0.2) is 150 Å². The number of carbonyl (C=O) groups excluding carboxylic acids is 3. The quantitative estimate of drug-likeness (QED) is 0.176. The summed E-state index contributed by atoms with van der Waals surface area (Å²) < 4.78 is 42.4. The average Bonchev–Trinajstić information content (AvgIpc) is 3.06. The van der Waals surface area contributed by atoms with Crippen LogP contribution in [0.25, 0.3) is 0 Å². The predicted octanol–water partition coefficient (Wildman–Crippen LogP) is 2.44. The van der Waals surface area contributed by atoms with Crippen LogP contribution in [0.2, 0.25) is 0 Å². The van der Waals surface area contributed by atoms with E-state index in [-0.39, 0.29) is 37.5 Å². The first-order chi connectivity index (χ1) is 25.8. The van der Waals surface area contributed by atoms with Crippen LogP contribution in [0.1, 0.15) is 87.0 Å². The van der Waals surface area contributed by atoms with Gasteiger partial charge in [0, 0.05) is 32.8 Å². The number of hydrogen-bond donors (Lipinski definition) is 4. The number of hydrogen-bond acceptors (Lipinski definition) is 15. The van der Waals surface area contributed by atoms with Crippen molar-refractivity contribution in [1.29, 1.82) is 0 Å². The first-order valence-electron chi connectivity index (χ1n) is 19.5. The molecule has 0 aromatic rings. The number of rotatable bonds is 11. The van der Waals surface area contributed by atoms with E-state index < -0.39 is 110 Å². The molecule has 0 aromatic heterocycles. The van der Waals surface area contributed by atoms with Gasteiger partial charge in [-0.3, -0.25) is 9.59 Å². The number of ether oxygens (including phenoxy) is 7. The van der Waals surface area contributed by atoms with Gasteiger partial charge >= 0.3 is 11.9 Å². The zero-order valence-corrected chi connectivity index (χ0v) is 34.2. The molecule has 2 fully saturated rings. The highest BCUT2D eigenvalue weighted by Gasteiger charge is 2.52. The number of carbonyl (C=O) groups is 3. The van der Waals surface area contributed by atoms with Crippen molar-refractivity contribution in [3.05, 3.63) is 24.3 Å². The number of nitrogens with zero attached hydrogens (tertiary/aromatic N) is 1. The molecule has 0 amide bonds. The molecule has 316 valence electrons. The number of aldehydes is 1. The first kappa shape index (κ1) is 47.1. The highest BCUT2D eigenvalue weighted by atomic mass is 16.7. The lowest BCUT2D eigenvalue weighted by Gasteiger charge is -2.50. The molecule has 15 heteroatoms. The molecular weight excluding hydrogens is 718 g/mol. The van der Waals surface area contributed by atoms with E-state index in [1.807, 2.05) is 26.8 Å². The third kappa shape index (κ3) is 13.4. The Bertz CT molecular complexity index is 1270. The Labute approximate surface area is 326 Å². The maximum atomic E-state index is 12.9. The van der Waals surface area contributed by atoms with Gasteiger partial charge < -0.3 is 63.3 Å². The van der Waals surface area contributed by atoms with Gasteiger partial charge in [0.15, 0.2) is 18.7 Å². The van der Waals surface area contributed by atoms with Crippen LogP contribution in [0.3, 0.4) is 0 Å². The molecule has 0 bridgehead atoms. The normalized spacial score (nSPS) is 42.4. The van der Waals surface area contributed by atoms with Gasteiger partial charge in [-0.05, 0) is 66.0 Å². The SMILES string of the molecule is CO[C@@H]1[C@@H](O[C@@H]2O[C@H](C)[C@@H](O[C@H]3C[C@@](C)(O)[C@@H](OC(=O)CC(C)C)[C@H](C)O3)[C@H](N(C)C)[C@H]2O)[C@H](CC=O)C[C@H](C)[C@@H](O)/C=C/C=C/C[C@@H](C)OC(=O)C[C@H]1O. The van der Waals surface area contributed by atoms with E-state index in [0.29, 0.717) is 6.42 Å². The van der Waals surface area contributed by atoms with Gasteiger partial charge in [-0.15, -0.1) is 0 Å². The lowest BCUT2D eigenvalue weighted by Crippen LogP contribution is -2.66. The fourth-order valence-electron chi connectivity index (χ4n) is 7.78. The third-order valence-electron chi connectivity index (χ3n) is 10.6. The molecule has 0 spiro atoms.